The first-order valence-electron chi connectivity index (χ1n) is 8.54. The average Bonchev–Trinajstić information content (AvgIpc) is 2.76. The zero-order chi connectivity index (χ0) is 16.4. The van der Waals surface area contributed by atoms with Crippen LogP contribution in [0, 0.1) is 5.92 Å². The minimum absolute atomic E-state index is 0.299. The topological polar surface area (TPSA) is 92.4 Å². The van der Waals surface area contributed by atoms with Crippen molar-refractivity contribution in [3.63, 3.8) is 0 Å². The molecule has 0 bridgehead atoms. The summed E-state index contributed by atoms with van der Waals surface area (Å²) < 4.78 is 5.36. The van der Waals surface area contributed by atoms with E-state index in [1.807, 2.05) is 6.92 Å². The van der Waals surface area contributed by atoms with Crippen molar-refractivity contribution >= 4 is 11.9 Å². The Morgan fingerprint density at radius 2 is 2.00 bits per heavy atom. The van der Waals surface area contributed by atoms with Gasteiger partial charge in [0.25, 0.3) is 5.91 Å². The second kappa shape index (κ2) is 6.34. The van der Waals surface area contributed by atoms with Crippen molar-refractivity contribution in [1.82, 2.24) is 10.5 Å². The maximum atomic E-state index is 12.7. The monoisotopic (exact) mass is 320 g/mol. The molecule has 2 atom stereocenters. The summed E-state index contributed by atoms with van der Waals surface area (Å²) in [7, 11) is 0. The van der Waals surface area contributed by atoms with Gasteiger partial charge in [-0.05, 0) is 39.0 Å². The van der Waals surface area contributed by atoms with E-state index in [0.29, 0.717) is 18.5 Å². The fraction of sp³-hybridized carbons (Fsp3) is 0.706. The molecule has 126 valence electrons. The fourth-order valence-corrected chi connectivity index (χ4v) is 3.94. The highest BCUT2D eigenvalue weighted by atomic mass is 16.5. The minimum Gasteiger partial charge on any atom is -0.481 e. The van der Waals surface area contributed by atoms with Crippen molar-refractivity contribution in [2.45, 2.75) is 70.3 Å². The Hall–Kier alpha value is -1.85. The number of rotatable bonds is 3. The first-order valence-corrected chi connectivity index (χ1v) is 8.54. The van der Waals surface area contributed by atoms with Gasteiger partial charge in [-0.15, -0.1) is 0 Å². The van der Waals surface area contributed by atoms with Crippen LogP contribution in [0.3, 0.4) is 0 Å². The van der Waals surface area contributed by atoms with Crippen LogP contribution in [-0.4, -0.2) is 27.7 Å². The van der Waals surface area contributed by atoms with Crippen LogP contribution in [0.15, 0.2) is 4.52 Å². The van der Waals surface area contributed by atoms with Crippen molar-refractivity contribution in [2.75, 3.05) is 0 Å². The molecule has 0 aliphatic heterocycles. The highest BCUT2D eigenvalue weighted by Gasteiger charge is 2.43. The zero-order valence-corrected chi connectivity index (χ0v) is 13.6. The van der Waals surface area contributed by atoms with E-state index < -0.39 is 17.4 Å². The molecule has 6 heteroatoms. The number of nitrogens with zero attached hydrogens (tertiary/aromatic N) is 1. The van der Waals surface area contributed by atoms with Crippen LogP contribution in [-0.2, 0) is 17.6 Å². The number of carbonyl (C=O) groups is 2. The largest absolute Gasteiger partial charge is 0.481 e. The predicted octanol–water partition coefficient (Wildman–Crippen LogP) is 2.71. The van der Waals surface area contributed by atoms with Crippen LogP contribution < -0.4 is 5.32 Å². The molecule has 1 fully saturated rings. The van der Waals surface area contributed by atoms with Crippen LogP contribution in [0.1, 0.15) is 73.7 Å². The van der Waals surface area contributed by atoms with E-state index in [2.05, 4.69) is 10.5 Å². The van der Waals surface area contributed by atoms with E-state index in [9.17, 15) is 14.7 Å². The van der Waals surface area contributed by atoms with Gasteiger partial charge in [-0.2, -0.15) is 0 Å². The number of nitrogens with one attached hydrogen (secondary N) is 1. The zero-order valence-electron chi connectivity index (χ0n) is 13.6. The molecule has 6 nitrogen and oxygen atoms in total. The van der Waals surface area contributed by atoms with E-state index >= 15 is 0 Å². The molecule has 23 heavy (non-hydrogen) atoms. The standard InChI is InChI=1S/C17H24N2O4/c1-17(10-6-5-8-12(17)16(21)22)18-15(20)14-11-7-3-2-4-9-13(11)23-19-14/h12H,2-10H2,1H3,(H,18,20)(H,21,22). The molecular formula is C17H24N2O4. The van der Waals surface area contributed by atoms with Gasteiger partial charge in [0.05, 0.1) is 11.5 Å². The summed E-state index contributed by atoms with van der Waals surface area (Å²) in [6.07, 6.45) is 7.94. The number of carbonyl (C=O) groups excluding carboxylic acids is 1. The number of carboxylic acids is 1. The summed E-state index contributed by atoms with van der Waals surface area (Å²) in [6, 6.07) is 0. The van der Waals surface area contributed by atoms with Crippen LogP contribution in [0.25, 0.3) is 0 Å². The number of carboxylic acid groups (broad SMARTS) is 1. The van der Waals surface area contributed by atoms with Gasteiger partial charge >= 0.3 is 5.97 Å². The van der Waals surface area contributed by atoms with Crippen LogP contribution in [0.5, 0.6) is 0 Å². The van der Waals surface area contributed by atoms with Gasteiger partial charge in [-0.1, -0.05) is 24.4 Å². The van der Waals surface area contributed by atoms with Gasteiger partial charge < -0.3 is 14.9 Å². The molecule has 1 heterocycles. The Morgan fingerprint density at radius 3 is 2.78 bits per heavy atom. The summed E-state index contributed by atoms with van der Waals surface area (Å²) in [5, 5.41) is 16.4. The van der Waals surface area contributed by atoms with Gasteiger partial charge in [0.1, 0.15) is 5.76 Å². The normalized spacial score (nSPS) is 27.8. The Bertz CT molecular complexity index is 610. The molecule has 0 aromatic carbocycles. The molecular weight excluding hydrogens is 296 g/mol. The van der Waals surface area contributed by atoms with Gasteiger partial charge in [0.2, 0.25) is 0 Å². The number of aromatic nitrogens is 1. The van der Waals surface area contributed by atoms with Crippen molar-refractivity contribution in [3.8, 4) is 0 Å². The first kappa shape index (κ1) is 16.0. The van der Waals surface area contributed by atoms with E-state index in [-0.39, 0.29) is 5.91 Å². The molecule has 2 aliphatic carbocycles. The minimum atomic E-state index is -0.841. The van der Waals surface area contributed by atoms with Gasteiger partial charge in [0, 0.05) is 12.0 Å². The Morgan fingerprint density at radius 1 is 1.22 bits per heavy atom. The van der Waals surface area contributed by atoms with E-state index in [4.69, 9.17) is 4.52 Å². The van der Waals surface area contributed by atoms with Gasteiger partial charge in [0.15, 0.2) is 5.69 Å². The Labute approximate surface area is 135 Å². The van der Waals surface area contributed by atoms with E-state index in [1.54, 1.807) is 0 Å². The van der Waals surface area contributed by atoms with Crippen LogP contribution in [0.2, 0.25) is 0 Å². The predicted molar refractivity (Wildman–Crippen MR) is 83.2 cm³/mol. The van der Waals surface area contributed by atoms with E-state index in [1.165, 1.54) is 0 Å². The Balaban J connectivity index is 1.81. The summed E-state index contributed by atoms with van der Waals surface area (Å²) >= 11 is 0. The lowest BCUT2D eigenvalue weighted by Crippen LogP contribution is -2.55. The lowest BCUT2D eigenvalue weighted by molar-refractivity contribution is -0.145. The van der Waals surface area contributed by atoms with Crippen LogP contribution in [0.4, 0.5) is 0 Å². The Kier molecular flexibility index (Phi) is 4.41. The molecule has 1 amide bonds. The number of hydrogen-bond acceptors (Lipinski definition) is 4. The highest BCUT2D eigenvalue weighted by molar-refractivity contribution is 5.94. The molecule has 0 radical (unpaired) electrons. The molecule has 1 aromatic heterocycles. The molecule has 2 aliphatic rings. The third-order valence-corrected chi connectivity index (χ3v) is 5.32. The van der Waals surface area contributed by atoms with Gasteiger partial charge in [-0.25, -0.2) is 0 Å². The number of amides is 1. The van der Waals surface area contributed by atoms with Crippen molar-refractivity contribution in [2.24, 2.45) is 5.92 Å². The lowest BCUT2D eigenvalue weighted by atomic mass is 9.74. The van der Waals surface area contributed by atoms with Crippen molar-refractivity contribution in [1.29, 1.82) is 0 Å². The molecule has 3 rings (SSSR count). The second-order valence-electron chi connectivity index (χ2n) is 7.00. The third kappa shape index (κ3) is 3.12. The van der Waals surface area contributed by atoms with Crippen LogP contribution >= 0.6 is 0 Å². The summed E-state index contributed by atoms with van der Waals surface area (Å²) in [5.41, 5.74) is 0.529. The highest BCUT2D eigenvalue weighted by Crippen LogP contribution is 2.34. The SMILES string of the molecule is CC1(NC(=O)c2noc3c2CCCCC3)CCCCC1C(=O)O. The lowest BCUT2D eigenvalue weighted by Gasteiger charge is -2.39. The molecule has 2 N–H and O–H groups in total. The van der Waals surface area contributed by atoms with Crippen molar-refractivity contribution in [3.05, 3.63) is 17.0 Å². The van der Waals surface area contributed by atoms with E-state index in [0.717, 1.165) is 56.3 Å². The first-order chi connectivity index (χ1) is 11.0. The number of aliphatic carboxylic acids is 1. The number of aryl methyl sites for hydroxylation is 1. The van der Waals surface area contributed by atoms with Gasteiger partial charge in [-0.3, -0.25) is 9.59 Å². The second-order valence-corrected chi connectivity index (χ2v) is 7.00. The smallest absolute Gasteiger partial charge is 0.308 e. The van der Waals surface area contributed by atoms with Crippen molar-refractivity contribution < 1.29 is 19.2 Å². The quantitative estimate of drug-likeness (QED) is 0.835. The molecule has 0 spiro atoms. The molecule has 2 unspecified atom stereocenters. The fourth-order valence-electron chi connectivity index (χ4n) is 3.94. The maximum absolute atomic E-state index is 12.7. The summed E-state index contributed by atoms with van der Waals surface area (Å²) in [4.78, 5) is 24.2. The summed E-state index contributed by atoms with van der Waals surface area (Å²) in [5.74, 6) is -0.874. The summed E-state index contributed by atoms with van der Waals surface area (Å²) in [6.45, 7) is 1.83. The number of fused-ring (bicyclic) bond motifs is 1. The maximum Gasteiger partial charge on any atom is 0.308 e. The molecule has 0 saturated heterocycles. The average molecular weight is 320 g/mol. The number of hydrogen-bond donors (Lipinski definition) is 2. The molecule has 1 saturated carbocycles. The molecule has 1 aromatic rings. The third-order valence-electron chi connectivity index (χ3n) is 5.32.